The monoisotopic (exact) mass is 566 g/mol. The van der Waals surface area contributed by atoms with E-state index >= 15 is 0 Å². The molecule has 0 bridgehead atoms. The van der Waals surface area contributed by atoms with Crippen LogP contribution in [0.25, 0.3) is 0 Å². The van der Waals surface area contributed by atoms with Gasteiger partial charge in [0.2, 0.25) is 0 Å². The number of amides is 2. The number of carbonyl (C=O) groups is 2. The van der Waals surface area contributed by atoms with Crippen molar-refractivity contribution < 1.29 is 19.1 Å². The van der Waals surface area contributed by atoms with E-state index < -0.39 is 0 Å². The lowest BCUT2D eigenvalue weighted by Crippen LogP contribution is -2.31. The zero-order valence-electron chi connectivity index (χ0n) is 19.2. The number of halogens is 1. The van der Waals surface area contributed by atoms with Crippen LogP contribution in [0.1, 0.15) is 47.4 Å². The van der Waals surface area contributed by atoms with E-state index in [1.165, 1.54) is 4.90 Å². The van der Waals surface area contributed by atoms with E-state index in [2.05, 4.69) is 15.6 Å². The van der Waals surface area contributed by atoms with Gasteiger partial charge >= 0.3 is 0 Å². The first-order valence-electron chi connectivity index (χ1n) is 10.9. The number of guanidine groups is 1. The topological polar surface area (TPSA) is 92.3 Å². The van der Waals surface area contributed by atoms with E-state index in [4.69, 9.17) is 9.47 Å². The van der Waals surface area contributed by atoms with E-state index in [9.17, 15) is 9.59 Å². The average molecular weight is 566 g/mol. The van der Waals surface area contributed by atoms with Gasteiger partial charge in [0, 0.05) is 31.4 Å². The Labute approximate surface area is 211 Å². The zero-order chi connectivity index (χ0) is 22.9. The van der Waals surface area contributed by atoms with Crippen molar-refractivity contribution in [1.29, 1.82) is 0 Å². The molecule has 2 aromatic carbocycles. The summed E-state index contributed by atoms with van der Waals surface area (Å²) < 4.78 is 11.0. The highest BCUT2D eigenvalue weighted by atomic mass is 127. The number of anilines is 1. The highest BCUT2D eigenvalue weighted by Crippen LogP contribution is 2.30. The Morgan fingerprint density at radius 2 is 1.70 bits per heavy atom. The number of aliphatic imine (C=N–C) groups is 1. The Morgan fingerprint density at radius 3 is 2.30 bits per heavy atom. The third kappa shape index (κ3) is 6.59. The molecule has 178 valence electrons. The van der Waals surface area contributed by atoms with Crippen molar-refractivity contribution in [1.82, 2.24) is 10.2 Å². The number of hydrogen-bond donors (Lipinski definition) is 2. The fourth-order valence-electron chi connectivity index (χ4n) is 3.48. The van der Waals surface area contributed by atoms with Crippen molar-refractivity contribution in [3.63, 3.8) is 0 Å². The van der Waals surface area contributed by atoms with Gasteiger partial charge in [-0.05, 0) is 51.0 Å². The number of imide groups is 1. The number of rotatable bonds is 10. The van der Waals surface area contributed by atoms with E-state index in [0.29, 0.717) is 54.7 Å². The third-order valence-electron chi connectivity index (χ3n) is 5.01. The second-order valence-electron chi connectivity index (χ2n) is 7.20. The molecule has 0 atom stereocenters. The van der Waals surface area contributed by atoms with Crippen LogP contribution in [0.5, 0.6) is 11.5 Å². The number of ether oxygens (including phenoxy) is 2. The number of hydrogen-bond acceptors (Lipinski definition) is 5. The summed E-state index contributed by atoms with van der Waals surface area (Å²) in [5, 5.41) is 6.49. The largest absolute Gasteiger partial charge is 0.493 e. The molecule has 3 rings (SSSR count). The summed E-state index contributed by atoms with van der Waals surface area (Å²) in [6.07, 6.45) is 1.43. The molecule has 0 fully saturated rings. The van der Waals surface area contributed by atoms with Crippen LogP contribution >= 0.6 is 24.0 Å². The summed E-state index contributed by atoms with van der Waals surface area (Å²) >= 11 is 0. The van der Waals surface area contributed by atoms with Crippen LogP contribution in [-0.2, 0) is 0 Å². The minimum absolute atomic E-state index is 0. The van der Waals surface area contributed by atoms with Crippen molar-refractivity contribution in [2.24, 2.45) is 4.99 Å². The number of carbonyl (C=O) groups excluding carboxylic acids is 2. The molecule has 0 saturated heterocycles. The highest BCUT2D eigenvalue weighted by molar-refractivity contribution is 14.0. The molecule has 1 aliphatic heterocycles. The Hall–Kier alpha value is -2.82. The maximum Gasteiger partial charge on any atom is 0.261 e. The van der Waals surface area contributed by atoms with Crippen molar-refractivity contribution in [2.45, 2.75) is 26.7 Å². The van der Waals surface area contributed by atoms with Crippen molar-refractivity contribution in [3.05, 3.63) is 53.6 Å². The van der Waals surface area contributed by atoms with Crippen LogP contribution in [0.2, 0.25) is 0 Å². The molecule has 2 N–H and O–H groups in total. The Morgan fingerprint density at radius 1 is 1.00 bits per heavy atom. The quantitative estimate of drug-likeness (QED) is 0.148. The molecule has 2 amide bonds. The van der Waals surface area contributed by atoms with Gasteiger partial charge in [0.25, 0.3) is 11.8 Å². The zero-order valence-corrected chi connectivity index (χ0v) is 21.6. The first-order chi connectivity index (χ1) is 15.6. The van der Waals surface area contributed by atoms with Gasteiger partial charge in [-0.15, -0.1) is 24.0 Å². The normalized spacial score (nSPS) is 12.8. The summed E-state index contributed by atoms with van der Waals surface area (Å²) in [5.41, 5.74) is 1.81. The lowest BCUT2D eigenvalue weighted by molar-refractivity contribution is 0.0652. The molecule has 1 aliphatic rings. The van der Waals surface area contributed by atoms with E-state index in [0.717, 1.165) is 18.7 Å². The standard InChI is InChI=1S/C24H30N4O4.HI/c1-4-25-24(27-17-12-13-20(31-3)21(16-17)32-5-2)26-14-8-9-15-28-22(29)18-10-6-7-11-19(18)23(28)30;/h6-7,10-13,16H,4-5,8-9,14-15H2,1-3H3,(H2,25,26,27);1H. The summed E-state index contributed by atoms with van der Waals surface area (Å²) in [5.74, 6) is 1.56. The molecule has 0 spiro atoms. The Balaban J connectivity index is 0.00000385. The molecule has 8 nitrogen and oxygen atoms in total. The molecule has 0 radical (unpaired) electrons. The second kappa shape index (κ2) is 13.0. The maximum atomic E-state index is 12.4. The van der Waals surface area contributed by atoms with Gasteiger partial charge in [-0.3, -0.25) is 19.5 Å². The minimum atomic E-state index is -0.214. The minimum Gasteiger partial charge on any atom is -0.493 e. The van der Waals surface area contributed by atoms with Crippen LogP contribution < -0.4 is 20.1 Å². The van der Waals surface area contributed by atoms with Gasteiger partial charge in [-0.25, -0.2) is 0 Å². The van der Waals surface area contributed by atoms with Crippen LogP contribution in [0.15, 0.2) is 47.5 Å². The average Bonchev–Trinajstić information content (AvgIpc) is 3.04. The molecule has 9 heteroatoms. The van der Waals surface area contributed by atoms with Gasteiger partial charge in [0.05, 0.1) is 24.8 Å². The van der Waals surface area contributed by atoms with Crippen molar-refractivity contribution in [2.75, 3.05) is 38.7 Å². The first kappa shape index (κ1) is 26.4. The van der Waals surface area contributed by atoms with E-state index in [1.54, 1.807) is 31.4 Å². The van der Waals surface area contributed by atoms with Crippen molar-refractivity contribution >= 4 is 47.4 Å². The van der Waals surface area contributed by atoms with Crippen LogP contribution in [0.3, 0.4) is 0 Å². The Kier molecular flexibility index (Phi) is 10.4. The van der Waals surface area contributed by atoms with Gasteiger partial charge in [0.15, 0.2) is 17.5 Å². The summed E-state index contributed by atoms with van der Waals surface area (Å²) in [6.45, 7) is 6.14. The summed E-state index contributed by atoms with van der Waals surface area (Å²) in [6, 6.07) is 12.6. The molecule has 0 saturated carbocycles. The number of benzene rings is 2. The summed E-state index contributed by atoms with van der Waals surface area (Å²) in [4.78, 5) is 30.8. The molecule has 1 heterocycles. The fraction of sp³-hybridized carbons (Fsp3) is 0.375. The molecule has 0 unspecified atom stereocenters. The van der Waals surface area contributed by atoms with Gasteiger partial charge in [-0.2, -0.15) is 0 Å². The number of nitrogens with one attached hydrogen (secondary N) is 2. The second-order valence-corrected chi connectivity index (χ2v) is 7.20. The predicted octanol–water partition coefficient (Wildman–Crippen LogP) is 4.17. The lowest BCUT2D eigenvalue weighted by Gasteiger charge is -2.15. The van der Waals surface area contributed by atoms with E-state index in [-0.39, 0.29) is 35.8 Å². The van der Waals surface area contributed by atoms with Crippen molar-refractivity contribution in [3.8, 4) is 11.5 Å². The molecule has 0 aromatic heterocycles. The van der Waals surface area contributed by atoms with Crippen LogP contribution in [-0.4, -0.2) is 56.0 Å². The van der Waals surface area contributed by atoms with E-state index in [1.807, 2.05) is 32.0 Å². The fourth-order valence-corrected chi connectivity index (χ4v) is 3.48. The lowest BCUT2D eigenvalue weighted by atomic mass is 10.1. The number of fused-ring (bicyclic) bond motifs is 1. The summed E-state index contributed by atoms with van der Waals surface area (Å²) in [7, 11) is 1.61. The SMILES string of the molecule is CCNC(=NCCCCN1C(=O)c2ccccc2C1=O)Nc1ccc(OC)c(OCC)c1.I. The predicted molar refractivity (Wildman–Crippen MR) is 140 cm³/mol. The smallest absolute Gasteiger partial charge is 0.261 e. The third-order valence-corrected chi connectivity index (χ3v) is 5.01. The molecular formula is C24H31IN4O4. The first-order valence-corrected chi connectivity index (χ1v) is 10.9. The molecular weight excluding hydrogens is 535 g/mol. The van der Waals surface area contributed by atoms with Gasteiger partial charge < -0.3 is 20.1 Å². The molecule has 0 aliphatic carbocycles. The Bertz CT molecular complexity index is 961. The molecule has 2 aromatic rings. The van der Waals surface area contributed by atoms with Crippen LogP contribution in [0.4, 0.5) is 5.69 Å². The van der Waals surface area contributed by atoms with Crippen LogP contribution in [0, 0.1) is 0 Å². The van der Waals surface area contributed by atoms with Gasteiger partial charge in [0.1, 0.15) is 0 Å². The molecule has 33 heavy (non-hydrogen) atoms. The van der Waals surface area contributed by atoms with Gasteiger partial charge in [-0.1, -0.05) is 12.1 Å². The highest BCUT2D eigenvalue weighted by Gasteiger charge is 2.34. The number of methoxy groups -OCH3 is 1. The maximum absolute atomic E-state index is 12.4. The number of nitrogens with zero attached hydrogens (tertiary/aromatic N) is 2. The number of unbranched alkanes of at least 4 members (excludes halogenated alkanes) is 1.